The highest BCUT2D eigenvalue weighted by atomic mass is 35.7. The summed E-state index contributed by atoms with van der Waals surface area (Å²) in [7, 11) is 0. The minimum Gasteiger partial charge on any atom is -0.139 e. The topological polar surface area (TPSA) is 0 Å². The summed E-state index contributed by atoms with van der Waals surface area (Å²) in [6, 6.07) is 10.1. The van der Waals surface area contributed by atoms with Crippen LogP contribution in [0.4, 0.5) is 0 Å². The highest BCUT2D eigenvalue weighted by molar-refractivity contribution is 7.51. The van der Waals surface area contributed by atoms with Gasteiger partial charge in [-0.1, -0.05) is 43.2 Å². The minimum atomic E-state index is -2.10. The van der Waals surface area contributed by atoms with Gasteiger partial charge >= 0.3 is 0 Å². The van der Waals surface area contributed by atoms with E-state index in [0.717, 1.165) is 5.19 Å². The highest BCUT2D eigenvalue weighted by Crippen LogP contribution is 2.48. The van der Waals surface area contributed by atoms with E-state index in [4.69, 9.17) is 22.2 Å². The molecule has 0 aliphatic heterocycles. The van der Waals surface area contributed by atoms with E-state index in [1.54, 1.807) is 0 Å². The summed E-state index contributed by atoms with van der Waals surface area (Å²) in [6.07, 6.45) is 2.43. The van der Waals surface area contributed by atoms with Crippen molar-refractivity contribution in [2.45, 2.75) is 18.4 Å². The molecule has 0 radical (unpaired) electrons. The summed E-state index contributed by atoms with van der Waals surface area (Å²) >= 11 is 12.7. The Labute approximate surface area is 82.9 Å². The van der Waals surface area contributed by atoms with Crippen molar-refractivity contribution in [2.75, 3.05) is 0 Å². The number of halogens is 2. The molecule has 1 aliphatic carbocycles. The second-order valence-corrected chi connectivity index (χ2v) is 10.1. The van der Waals surface area contributed by atoms with Crippen LogP contribution in [0.5, 0.6) is 0 Å². The molecule has 64 valence electrons. The van der Waals surface area contributed by atoms with Crippen molar-refractivity contribution in [3.8, 4) is 0 Å². The zero-order valence-corrected chi connectivity index (χ0v) is 9.15. The maximum absolute atomic E-state index is 6.36. The smallest absolute Gasteiger partial charge is 0.139 e. The molecule has 0 unspecified atom stereocenters. The van der Waals surface area contributed by atoms with E-state index in [2.05, 4.69) is 0 Å². The van der Waals surface area contributed by atoms with Gasteiger partial charge in [-0.2, -0.15) is 0 Å². The summed E-state index contributed by atoms with van der Waals surface area (Å²) in [5.74, 6) is 0. The second-order valence-electron chi connectivity index (χ2n) is 3.26. The van der Waals surface area contributed by atoms with Crippen LogP contribution in [0.3, 0.4) is 0 Å². The van der Waals surface area contributed by atoms with Gasteiger partial charge in [-0.05, 0) is 10.7 Å². The van der Waals surface area contributed by atoms with E-state index in [1.807, 2.05) is 30.3 Å². The Morgan fingerprint density at radius 2 is 1.67 bits per heavy atom. The lowest BCUT2D eigenvalue weighted by Gasteiger charge is -2.15. The van der Waals surface area contributed by atoms with E-state index >= 15 is 0 Å². The van der Waals surface area contributed by atoms with Gasteiger partial charge in [0, 0.05) is 0 Å². The first kappa shape index (κ1) is 8.61. The third-order valence-corrected chi connectivity index (χ3v) is 8.12. The molecule has 1 aromatic carbocycles. The minimum absolute atomic E-state index is 0.600. The predicted octanol–water partition coefficient (Wildman–Crippen LogP) is 2.98. The molecule has 0 saturated heterocycles. The molecule has 0 N–H and O–H groups in total. The Hall–Kier alpha value is 0.0169. The number of hydrogen-bond acceptors (Lipinski definition) is 0. The van der Waals surface area contributed by atoms with Crippen molar-refractivity contribution in [2.24, 2.45) is 0 Å². The van der Waals surface area contributed by atoms with Crippen molar-refractivity contribution >= 4 is 34.0 Å². The number of benzene rings is 1. The molecule has 3 heteroatoms. The quantitative estimate of drug-likeness (QED) is 0.527. The fourth-order valence-corrected chi connectivity index (χ4v) is 5.41. The molecular formula is C9H10Cl2Si. The summed E-state index contributed by atoms with van der Waals surface area (Å²) in [5, 5.41) is 1.16. The molecule has 12 heavy (non-hydrogen) atoms. The van der Waals surface area contributed by atoms with Crippen molar-refractivity contribution in [1.82, 2.24) is 0 Å². The lowest BCUT2D eigenvalue weighted by molar-refractivity contribution is 1.43. The third-order valence-electron chi connectivity index (χ3n) is 2.25. The molecule has 1 saturated carbocycles. The van der Waals surface area contributed by atoms with Gasteiger partial charge in [0.2, 0.25) is 0 Å². The molecule has 0 spiro atoms. The standard InChI is InChI=1S/C9H10Cl2Si/c10-12(11,9-6-7-9)8-4-2-1-3-5-8/h1-5,9H,6-7H2. The van der Waals surface area contributed by atoms with E-state index in [0.29, 0.717) is 5.54 Å². The van der Waals surface area contributed by atoms with Crippen LogP contribution in [-0.4, -0.2) is 6.69 Å². The Kier molecular flexibility index (Phi) is 2.19. The van der Waals surface area contributed by atoms with Gasteiger partial charge in [-0.25, -0.2) is 0 Å². The van der Waals surface area contributed by atoms with Gasteiger partial charge in [-0.15, -0.1) is 22.2 Å². The largest absolute Gasteiger partial charge is 0.283 e. The third kappa shape index (κ3) is 1.54. The van der Waals surface area contributed by atoms with E-state index in [-0.39, 0.29) is 0 Å². The van der Waals surface area contributed by atoms with Gasteiger partial charge in [0.1, 0.15) is 0 Å². The van der Waals surface area contributed by atoms with Gasteiger partial charge < -0.3 is 0 Å². The second kappa shape index (κ2) is 3.06. The van der Waals surface area contributed by atoms with Crippen LogP contribution < -0.4 is 5.19 Å². The number of hydrogen-bond donors (Lipinski definition) is 0. The van der Waals surface area contributed by atoms with Crippen LogP contribution in [0.25, 0.3) is 0 Å². The van der Waals surface area contributed by atoms with Crippen LogP contribution in [-0.2, 0) is 0 Å². The summed E-state index contributed by atoms with van der Waals surface area (Å²) in [4.78, 5) is 0. The van der Waals surface area contributed by atoms with Crippen LogP contribution in [0.15, 0.2) is 30.3 Å². The molecule has 0 heterocycles. The summed E-state index contributed by atoms with van der Waals surface area (Å²) < 4.78 is 0. The van der Waals surface area contributed by atoms with E-state index < -0.39 is 6.69 Å². The van der Waals surface area contributed by atoms with Gasteiger partial charge in [-0.3, -0.25) is 0 Å². The van der Waals surface area contributed by atoms with Crippen LogP contribution in [0, 0.1) is 0 Å². The van der Waals surface area contributed by atoms with Crippen molar-refractivity contribution in [3.05, 3.63) is 30.3 Å². The molecule has 1 aromatic rings. The molecule has 1 aliphatic rings. The lowest BCUT2D eigenvalue weighted by atomic mass is 10.4. The van der Waals surface area contributed by atoms with Gasteiger partial charge in [0.05, 0.1) is 0 Å². The van der Waals surface area contributed by atoms with Crippen LogP contribution in [0.2, 0.25) is 5.54 Å². The Bertz CT molecular complexity index is 267. The maximum atomic E-state index is 6.36. The molecule has 0 amide bonds. The predicted molar refractivity (Wildman–Crippen MR) is 56.5 cm³/mol. The zero-order chi connectivity index (χ0) is 8.60. The SMILES string of the molecule is Cl[Si](Cl)(c1ccccc1)C1CC1. The summed E-state index contributed by atoms with van der Waals surface area (Å²) in [6.45, 7) is -2.10. The Balaban J connectivity index is 2.28. The van der Waals surface area contributed by atoms with E-state index in [9.17, 15) is 0 Å². The highest BCUT2D eigenvalue weighted by Gasteiger charge is 2.46. The normalized spacial score (nSPS) is 17.8. The zero-order valence-electron chi connectivity index (χ0n) is 6.63. The van der Waals surface area contributed by atoms with Crippen LogP contribution >= 0.6 is 22.2 Å². The van der Waals surface area contributed by atoms with Crippen LogP contribution in [0.1, 0.15) is 12.8 Å². The molecule has 2 rings (SSSR count). The average Bonchev–Trinajstić information content (AvgIpc) is 2.88. The molecule has 0 aromatic heterocycles. The molecule has 0 bridgehead atoms. The average molecular weight is 217 g/mol. The van der Waals surface area contributed by atoms with Crippen molar-refractivity contribution in [1.29, 1.82) is 0 Å². The monoisotopic (exact) mass is 216 g/mol. The molecule has 1 fully saturated rings. The Morgan fingerprint density at radius 1 is 1.08 bits per heavy atom. The molecule has 0 atom stereocenters. The fourth-order valence-electron chi connectivity index (χ4n) is 1.34. The first-order chi connectivity index (χ1) is 5.71. The van der Waals surface area contributed by atoms with Crippen molar-refractivity contribution in [3.63, 3.8) is 0 Å². The van der Waals surface area contributed by atoms with E-state index in [1.165, 1.54) is 12.8 Å². The van der Waals surface area contributed by atoms with Crippen molar-refractivity contribution < 1.29 is 0 Å². The first-order valence-electron chi connectivity index (χ1n) is 4.14. The molecular weight excluding hydrogens is 207 g/mol. The summed E-state index contributed by atoms with van der Waals surface area (Å²) in [5.41, 5.74) is 0.600. The van der Waals surface area contributed by atoms with Gasteiger partial charge in [0.25, 0.3) is 6.69 Å². The first-order valence-corrected chi connectivity index (χ1v) is 8.24. The van der Waals surface area contributed by atoms with Gasteiger partial charge in [0.15, 0.2) is 0 Å². The maximum Gasteiger partial charge on any atom is 0.283 e. The lowest BCUT2D eigenvalue weighted by Crippen LogP contribution is -2.36. The fraction of sp³-hybridized carbons (Fsp3) is 0.333. The Morgan fingerprint density at radius 3 is 2.17 bits per heavy atom. The molecule has 0 nitrogen and oxygen atoms in total. The number of rotatable bonds is 2.